The van der Waals surface area contributed by atoms with Gasteiger partial charge in [0.15, 0.2) is 6.23 Å². The van der Waals surface area contributed by atoms with Crippen LogP contribution in [0.15, 0.2) is 48.5 Å². The van der Waals surface area contributed by atoms with Crippen LogP contribution >= 0.6 is 0 Å². The van der Waals surface area contributed by atoms with Crippen LogP contribution in [0.25, 0.3) is 22.5 Å². The molecule has 15 heteroatoms. The predicted octanol–water partition coefficient (Wildman–Crippen LogP) is -3.37. The molecule has 0 spiro atoms. The summed E-state index contributed by atoms with van der Waals surface area (Å²) in [5, 5.41) is 54.1. The van der Waals surface area contributed by atoms with Gasteiger partial charge in [-0.2, -0.15) is 0 Å². The molecule has 222 valence electrons. The Morgan fingerprint density at radius 3 is 2.39 bits per heavy atom. The van der Waals surface area contributed by atoms with Gasteiger partial charge in [-0.3, -0.25) is 9.69 Å². The SMILES string of the molecule is Cc1nc(C)c2c(n1)N(Cc1ccc(-c3ccccc3-c3nnn([C@@H]4O[C@H](C(=O)[O-])[C@@H](O)[C@H](O)[C@H]4O)n3)cc1)C(=O)CC2.[Na+]. The first-order chi connectivity index (χ1) is 20.6. The van der Waals surface area contributed by atoms with E-state index in [1.54, 1.807) is 17.0 Å². The van der Waals surface area contributed by atoms with Crippen LogP contribution in [-0.4, -0.2) is 81.8 Å². The maximum absolute atomic E-state index is 12.9. The Hall–Kier alpha value is -3.63. The van der Waals surface area contributed by atoms with Crippen LogP contribution in [0.3, 0.4) is 0 Å². The number of ether oxygens (including phenoxy) is 1. The number of anilines is 1. The van der Waals surface area contributed by atoms with Crippen molar-refractivity contribution in [2.24, 2.45) is 0 Å². The average Bonchev–Trinajstić information content (AvgIpc) is 3.47. The number of carboxylic acids is 1. The Kier molecular flexibility index (Phi) is 9.23. The number of aryl methyl sites for hydroxylation is 2. The number of aromatic nitrogens is 6. The number of carbonyl (C=O) groups excluding carboxylic acids is 2. The first-order valence-electron chi connectivity index (χ1n) is 13.7. The van der Waals surface area contributed by atoms with E-state index in [1.165, 1.54) is 0 Å². The van der Waals surface area contributed by atoms with Gasteiger partial charge in [0, 0.05) is 23.2 Å². The monoisotopic (exact) mass is 609 g/mol. The Balaban J connectivity index is 0.00000384. The molecule has 0 unspecified atom stereocenters. The van der Waals surface area contributed by atoms with E-state index in [1.807, 2.05) is 50.2 Å². The van der Waals surface area contributed by atoms with Crippen molar-refractivity contribution < 1.29 is 64.3 Å². The largest absolute Gasteiger partial charge is 1.00 e. The fourth-order valence-corrected chi connectivity index (χ4v) is 5.47. The van der Waals surface area contributed by atoms with Crippen molar-refractivity contribution in [1.29, 1.82) is 0 Å². The summed E-state index contributed by atoms with van der Waals surface area (Å²) in [6.07, 6.45) is -7.88. The van der Waals surface area contributed by atoms with Gasteiger partial charge in [0.2, 0.25) is 11.7 Å². The van der Waals surface area contributed by atoms with Crippen LogP contribution in [0, 0.1) is 13.8 Å². The van der Waals surface area contributed by atoms with Gasteiger partial charge < -0.3 is 30.0 Å². The molecule has 0 bridgehead atoms. The van der Waals surface area contributed by atoms with Crippen molar-refractivity contribution >= 4 is 17.7 Å². The number of benzene rings is 2. The van der Waals surface area contributed by atoms with E-state index in [0.717, 1.165) is 32.7 Å². The number of carbonyl (C=O) groups is 2. The van der Waals surface area contributed by atoms with Crippen molar-refractivity contribution in [2.45, 2.75) is 63.9 Å². The number of aliphatic hydroxyl groups is 3. The first kappa shape index (κ1) is 31.8. The van der Waals surface area contributed by atoms with Crippen LogP contribution in [0.2, 0.25) is 0 Å². The minimum absolute atomic E-state index is 0. The summed E-state index contributed by atoms with van der Waals surface area (Å²) >= 11 is 0. The fourth-order valence-electron chi connectivity index (χ4n) is 5.47. The second kappa shape index (κ2) is 12.8. The van der Waals surface area contributed by atoms with Crippen molar-refractivity contribution in [3.63, 3.8) is 0 Å². The van der Waals surface area contributed by atoms with Gasteiger partial charge in [-0.1, -0.05) is 48.5 Å². The normalized spacial score (nSPS) is 23.2. The number of aliphatic hydroxyl groups excluding tert-OH is 3. The van der Waals surface area contributed by atoms with Crippen LogP contribution in [0.4, 0.5) is 5.82 Å². The van der Waals surface area contributed by atoms with Crippen molar-refractivity contribution in [3.05, 3.63) is 71.2 Å². The molecule has 2 aromatic heterocycles. The summed E-state index contributed by atoms with van der Waals surface area (Å²) in [6.45, 7) is 4.10. The smallest absolute Gasteiger partial charge is 0.547 e. The van der Waals surface area contributed by atoms with Gasteiger partial charge in [0.1, 0.15) is 36.1 Å². The summed E-state index contributed by atoms with van der Waals surface area (Å²) in [7, 11) is 0. The van der Waals surface area contributed by atoms with E-state index in [2.05, 4.69) is 25.4 Å². The molecule has 1 amide bonds. The number of hydrogen-bond acceptors (Lipinski definition) is 12. The third kappa shape index (κ3) is 5.89. The second-order valence-electron chi connectivity index (χ2n) is 10.6. The van der Waals surface area contributed by atoms with Gasteiger partial charge in [-0.25, -0.2) is 9.97 Å². The van der Waals surface area contributed by atoms with Gasteiger partial charge in [-0.15, -0.1) is 15.0 Å². The summed E-state index contributed by atoms with van der Waals surface area (Å²) in [5.74, 6) is -0.323. The molecule has 1 saturated heterocycles. The molecule has 1 fully saturated rings. The van der Waals surface area contributed by atoms with Gasteiger partial charge >= 0.3 is 29.6 Å². The number of amides is 1. The third-order valence-electron chi connectivity index (χ3n) is 7.70. The molecule has 0 aliphatic carbocycles. The average molecular weight is 610 g/mol. The van der Waals surface area contributed by atoms with E-state index in [4.69, 9.17) is 4.74 Å². The Labute approximate surface area is 273 Å². The zero-order valence-electron chi connectivity index (χ0n) is 24.2. The number of aliphatic carboxylic acids is 1. The number of hydrogen-bond donors (Lipinski definition) is 3. The number of nitrogens with zero attached hydrogens (tertiary/aromatic N) is 7. The van der Waals surface area contributed by atoms with Crippen molar-refractivity contribution in [1.82, 2.24) is 30.2 Å². The number of fused-ring (bicyclic) bond motifs is 1. The summed E-state index contributed by atoms with van der Waals surface area (Å²) in [6, 6.07) is 15.0. The van der Waals surface area contributed by atoms with Crippen LogP contribution < -0.4 is 39.6 Å². The molecule has 4 aromatic rings. The Bertz CT molecular complexity index is 1700. The molecular weight excluding hydrogens is 581 g/mol. The number of rotatable bonds is 6. The minimum atomic E-state index is -1.90. The Morgan fingerprint density at radius 2 is 1.68 bits per heavy atom. The molecule has 3 N–H and O–H groups in total. The van der Waals surface area contributed by atoms with Gasteiger partial charge in [-0.05, 0) is 42.2 Å². The van der Waals surface area contributed by atoms with Crippen LogP contribution in [0.5, 0.6) is 0 Å². The molecule has 14 nitrogen and oxygen atoms in total. The number of carboxylic acid groups (broad SMARTS) is 1. The standard InChI is InChI=1S/C29H29N7O7.Na/c1-14-18-11-12-21(37)35(27(18)31-15(2)30-14)13-16-7-9-17(10-8-16)19-5-3-4-6-20(19)26-32-34-36(33-26)28-24(40)22(38)23(39)25(43-28)29(41)42;/h3-10,22-25,28,38-40H,11-13H2,1-2H3,(H,41,42);/q;+1/p-1/t22-,23-,24+,25-,28+;/m0./s1. The maximum atomic E-state index is 12.9. The maximum Gasteiger partial charge on any atom is 1.00 e. The Morgan fingerprint density at radius 1 is 0.977 bits per heavy atom. The van der Waals surface area contributed by atoms with E-state index in [0.29, 0.717) is 36.6 Å². The van der Waals surface area contributed by atoms with E-state index >= 15 is 0 Å². The molecule has 44 heavy (non-hydrogen) atoms. The summed E-state index contributed by atoms with van der Waals surface area (Å²) in [4.78, 5) is 35.8. The van der Waals surface area contributed by atoms with Crippen LogP contribution in [0.1, 0.15) is 35.3 Å². The molecule has 0 radical (unpaired) electrons. The van der Waals surface area contributed by atoms with Gasteiger partial charge in [0.25, 0.3) is 0 Å². The van der Waals surface area contributed by atoms with Gasteiger partial charge in [0.05, 0.1) is 12.5 Å². The summed E-state index contributed by atoms with van der Waals surface area (Å²) in [5.41, 5.74) is 4.97. The molecule has 2 aliphatic rings. The topological polar surface area (TPSA) is 200 Å². The first-order valence-corrected chi connectivity index (χ1v) is 13.7. The molecule has 4 heterocycles. The molecule has 2 aliphatic heterocycles. The predicted molar refractivity (Wildman–Crippen MR) is 147 cm³/mol. The van der Waals surface area contributed by atoms with Crippen molar-refractivity contribution in [2.75, 3.05) is 4.90 Å². The quantitative estimate of drug-likeness (QED) is 0.184. The zero-order chi connectivity index (χ0) is 30.4. The molecule has 6 rings (SSSR count). The molecule has 2 aromatic carbocycles. The molecular formula is C29H28N7NaO7. The van der Waals surface area contributed by atoms with E-state index in [-0.39, 0.29) is 41.3 Å². The fraction of sp³-hybridized carbons (Fsp3) is 0.345. The van der Waals surface area contributed by atoms with E-state index < -0.39 is 36.6 Å². The minimum Gasteiger partial charge on any atom is -0.547 e. The molecule has 0 saturated carbocycles. The third-order valence-corrected chi connectivity index (χ3v) is 7.70. The van der Waals surface area contributed by atoms with Crippen LogP contribution in [-0.2, 0) is 27.3 Å². The number of tetrazole rings is 1. The van der Waals surface area contributed by atoms with Crippen molar-refractivity contribution in [3.8, 4) is 22.5 Å². The zero-order valence-corrected chi connectivity index (χ0v) is 26.2. The molecule has 5 atom stereocenters. The van der Waals surface area contributed by atoms with E-state index in [9.17, 15) is 30.0 Å². The second-order valence-corrected chi connectivity index (χ2v) is 10.6. The summed E-state index contributed by atoms with van der Waals surface area (Å²) < 4.78 is 5.25.